The lowest BCUT2D eigenvalue weighted by Crippen LogP contribution is -2.55. The predicted octanol–water partition coefficient (Wildman–Crippen LogP) is 2.85. The molecule has 0 saturated heterocycles. The van der Waals surface area contributed by atoms with Gasteiger partial charge in [-0.25, -0.2) is 0 Å². The van der Waals surface area contributed by atoms with Gasteiger partial charge < -0.3 is 5.11 Å². The molecule has 3 rings (SSSR count). The number of carbonyl (C=O) groups is 1. The van der Waals surface area contributed by atoms with Gasteiger partial charge in [0, 0.05) is 17.8 Å². The zero-order valence-corrected chi connectivity index (χ0v) is 12.0. The molecule has 1 heterocycles. The fourth-order valence-corrected chi connectivity index (χ4v) is 3.46. The summed E-state index contributed by atoms with van der Waals surface area (Å²) in [6.07, 6.45) is 2.02. The largest absolute Gasteiger partial charge is 0.480 e. The van der Waals surface area contributed by atoms with E-state index in [1.807, 2.05) is 35.7 Å². The lowest BCUT2D eigenvalue weighted by Gasteiger charge is -2.35. The van der Waals surface area contributed by atoms with Crippen LogP contribution in [0, 0.1) is 0 Å². The molecule has 2 aromatic rings. The van der Waals surface area contributed by atoms with E-state index in [-0.39, 0.29) is 0 Å². The Morgan fingerprint density at radius 1 is 1.25 bits per heavy atom. The minimum atomic E-state index is -0.835. The molecule has 0 aliphatic heterocycles. The number of benzene rings is 1. The van der Waals surface area contributed by atoms with Crippen molar-refractivity contribution in [3.63, 3.8) is 0 Å². The summed E-state index contributed by atoms with van der Waals surface area (Å²) in [5, 5.41) is 15.0. The standard InChI is InChI=1S/C16H17NO2S/c18-15(19)16(17-11-14-6-3-9-20-14)8-7-12-4-1-2-5-13(12)10-16/h1-6,9,17H,7-8,10-11H2,(H,18,19). The summed E-state index contributed by atoms with van der Waals surface area (Å²) in [5.41, 5.74) is 1.60. The molecule has 0 spiro atoms. The highest BCUT2D eigenvalue weighted by Gasteiger charge is 2.40. The first-order chi connectivity index (χ1) is 9.70. The van der Waals surface area contributed by atoms with Crippen LogP contribution in [0.25, 0.3) is 0 Å². The van der Waals surface area contributed by atoms with Gasteiger partial charge in [0.05, 0.1) is 0 Å². The van der Waals surface area contributed by atoms with Crippen LogP contribution in [-0.2, 0) is 24.2 Å². The van der Waals surface area contributed by atoms with Crippen LogP contribution in [0.15, 0.2) is 41.8 Å². The van der Waals surface area contributed by atoms with Crippen molar-refractivity contribution in [1.82, 2.24) is 5.32 Å². The van der Waals surface area contributed by atoms with E-state index in [4.69, 9.17) is 0 Å². The number of aliphatic carboxylic acids is 1. The van der Waals surface area contributed by atoms with E-state index in [0.29, 0.717) is 19.4 Å². The molecule has 0 amide bonds. The third-order valence-corrected chi connectivity index (χ3v) is 4.90. The lowest BCUT2D eigenvalue weighted by atomic mass is 9.78. The summed E-state index contributed by atoms with van der Waals surface area (Å²) in [7, 11) is 0. The van der Waals surface area contributed by atoms with Crippen molar-refractivity contribution >= 4 is 17.3 Å². The Balaban J connectivity index is 1.81. The molecule has 1 atom stereocenters. The molecule has 4 heteroatoms. The molecule has 0 radical (unpaired) electrons. The van der Waals surface area contributed by atoms with E-state index in [0.717, 1.165) is 12.0 Å². The molecular weight excluding hydrogens is 270 g/mol. The first-order valence-corrected chi connectivity index (χ1v) is 7.65. The Kier molecular flexibility index (Phi) is 3.59. The molecule has 0 bridgehead atoms. The highest BCUT2D eigenvalue weighted by molar-refractivity contribution is 7.09. The third-order valence-electron chi connectivity index (χ3n) is 4.02. The Labute approximate surface area is 122 Å². The number of carboxylic acid groups (broad SMARTS) is 1. The molecule has 1 aliphatic rings. The second-order valence-electron chi connectivity index (χ2n) is 5.27. The molecule has 2 N–H and O–H groups in total. The zero-order valence-electron chi connectivity index (χ0n) is 11.1. The average Bonchev–Trinajstić information content (AvgIpc) is 2.98. The molecule has 1 aromatic carbocycles. The van der Waals surface area contributed by atoms with Gasteiger partial charge in [-0.3, -0.25) is 10.1 Å². The van der Waals surface area contributed by atoms with Gasteiger partial charge in [-0.1, -0.05) is 30.3 Å². The van der Waals surface area contributed by atoms with Crippen molar-refractivity contribution in [2.24, 2.45) is 0 Å². The molecule has 1 unspecified atom stereocenters. The van der Waals surface area contributed by atoms with Gasteiger partial charge in [-0.15, -0.1) is 11.3 Å². The second kappa shape index (κ2) is 5.38. The summed E-state index contributed by atoms with van der Waals surface area (Å²) >= 11 is 1.65. The number of thiophene rings is 1. The summed E-state index contributed by atoms with van der Waals surface area (Å²) in [6, 6.07) is 12.2. The number of nitrogens with one attached hydrogen (secondary N) is 1. The second-order valence-corrected chi connectivity index (χ2v) is 6.30. The van der Waals surface area contributed by atoms with Crippen molar-refractivity contribution in [1.29, 1.82) is 0 Å². The van der Waals surface area contributed by atoms with Gasteiger partial charge >= 0.3 is 5.97 Å². The molecule has 20 heavy (non-hydrogen) atoms. The zero-order chi connectivity index (χ0) is 14.0. The number of rotatable bonds is 4. The molecule has 0 fully saturated rings. The van der Waals surface area contributed by atoms with E-state index in [9.17, 15) is 9.90 Å². The third kappa shape index (κ3) is 2.49. The van der Waals surface area contributed by atoms with Crippen LogP contribution in [0.4, 0.5) is 0 Å². The van der Waals surface area contributed by atoms with E-state index >= 15 is 0 Å². The van der Waals surface area contributed by atoms with E-state index in [2.05, 4.69) is 11.4 Å². The van der Waals surface area contributed by atoms with Crippen LogP contribution in [0.2, 0.25) is 0 Å². The van der Waals surface area contributed by atoms with Gasteiger partial charge in [-0.2, -0.15) is 0 Å². The van der Waals surface area contributed by atoms with Crippen molar-refractivity contribution in [3.8, 4) is 0 Å². The van der Waals surface area contributed by atoms with Gasteiger partial charge in [-0.05, 0) is 35.4 Å². The maximum atomic E-state index is 11.8. The normalized spacial score (nSPS) is 21.4. The molecule has 104 valence electrons. The summed E-state index contributed by atoms with van der Waals surface area (Å²) < 4.78 is 0. The topological polar surface area (TPSA) is 49.3 Å². The molecule has 1 aromatic heterocycles. The van der Waals surface area contributed by atoms with Crippen LogP contribution < -0.4 is 5.32 Å². The van der Waals surface area contributed by atoms with Crippen LogP contribution >= 0.6 is 11.3 Å². The Morgan fingerprint density at radius 2 is 2.05 bits per heavy atom. The number of fused-ring (bicyclic) bond motifs is 1. The summed E-state index contributed by atoms with van der Waals surface area (Å²) in [5.74, 6) is -0.747. The van der Waals surface area contributed by atoms with Gasteiger partial charge in [0.1, 0.15) is 5.54 Å². The lowest BCUT2D eigenvalue weighted by molar-refractivity contribution is -0.145. The highest BCUT2D eigenvalue weighted by atomic mass is 32.1. The van der Waals surface area contributed by atoms with Crippen LogP contribution in [0.1, 0.15) is 22.4 Å². The van der Waals surface area contributed by atoms with Crippen molar-refractivity contribution in [2.75, 3.05) is 0 Å². The Morgan fingerprint density at radius 3 is 2.75 bits per heavy atom. The first-order valence-electron chi connectivity index (χ1n) is 6.77. The van der Waals surface area contributed by atoms with Gasteiger partial charge in [0.25, 0.3) is 0 Å². The highest BCUT2D eigenvalue weighted by Crippen LogP contribution is 2.29. The maximum absolute atomic E-state index is 11.8. The fraction of sp³-hybridized carbons (Fsp3) is 0.312. The van der Waals surface area contributed by atoms with Crippen LogP contribution in [0.3, 0.4) is 0 Å². The Hall–Kier alpha value is -1.65. The van der Waals surface area contributed by atoms with E-state index in [1.54, 1.807) is 11.3 Å². The van der Waals surface area contributed by atoms with Gasteiger partial charge in [0.15, 0.2) is 0 Å². The van der Waals surface area contributed by atoms with Crippen LogP contribution in [-0.4, -0.2) is 16.6 Å². The SMILES string of the molecule is O=C(O)C1(NCc2cccs2)CCc2ccccc2C1. The molecular formula is C16H17NO2S. The summed E-state index contributed by atoms with van der Waals surface area (Å²) in [4.78, 5) is 13.0. The minimum Gasteiger partial charge on any atom is -0.480 e. The summed E-state index contributed by atoms with van der Waals surface area (Å²) in [6.45, 7) is 0.617. The fourth-order valence-electron chi connectivity index (χ4n) is 2.81. The first kappa shape index (κ1) is 13.3. The minimum absolute atomic E-state index is 0.559. The van der Waals surface area contributed by atoms with Crippen molar-refractivity contribution in [3.05, 3.63) is 57.8 Å². The maximum Gasteiger partial charge on any atom is 0.324 e. The number of carboxylic acids is 1. The van der Waals surface area contributed by atoms with Crippen molar-refractivity contribution < 1.29 is 9.90 Å². The number of aryl methyl sites for hydroxylation is 1. The van der Waals surface area contributed by atoms with Crippen molar-refractivity contribution in [2.45, 2.75) is 31.3 Å². The van der Waals surface area contributed by atoms with Gasteiger partial charge in [0.2, 0.25) is 0 Å². The quantitative estimate of drug-likeness (QED) is 0.909. The molecule has 3 nitrogen and oxygen atoms in total. The monoisotopic (exact) mass is 287 g/mol. The molecule has 0 saturated carbocycles. The Bertz CT molecular complexity index is 609. The van der Waals surface area contributed by atoms with E-state index in [1.165, 1.54) is 10.4 Å². The number of hydrogen-bond donors (Lipinski definition) is 2. The molecule has 1 aliphatic carbocycles. The van der Waals surface area contributed by atoms with E-state index < -0.39 is 11.5 Å². The number of hydrogen-bond acceptors (Lipinski definition) is 3. The predicted molar refractivity (Wildman–Crippen MR) is 80.0 cm³/mol. The van der Waals surface area contributed by atoms with Crippen LogP contribution in [0.5, 0.6) is 0 Å². The average molecular weight is 287 g/mol. The smallest absolute Gasteiger partial charge is 0.324 e.